The molecule has 1 aromatic heterocycles. The monoisotopic (exact) mass is 577 g/mol. The second-order valence-corrected chi connectivity index (χ2v) is 9.93. The number of hydrogen-bond donors (Lipinski definition) is 3. The van der Waals surface area contributed by atoms with Gasteiger partial charge in [-0.15, -0.1) is 0 Å². The summed E-state index contributed by atoms with van der Waals surface area (Å²) in [6, 6.07) is 18.2. The molecule has 2 atom stereocenters. The van der Waals surface area contributed by atoms with E-state index in [0.29, 0.717) is 30.6 Å². The Balaban J connectivity index is 1.60. The van der Waals surface area contributed by atoms with Gasteiger partial charge in [0, 0.05) is 5.56 Å². The van der Waals surface area contributed by atoms with Gasteiger partial charge in [0.05, 0.1) is 24.2 Å². The second-order valence-electron chi connectivity index (χ2n) is 9.93. The van der Waals surface area contributed by atoms with E-state index < -0.39 is 23.8 Å². The maximum absolute atomic E-state index is 13.4. The maximum atomic E-state index is 13.4. The summed E-state index contributed by atoms with van der Waals surface area (Å²) in [6.45, 7) is 4.09. The number of rotatable bonds is 18. The quantitative estimate of drug-likeness (QED) is 0.0796. The van der Waals surface area contributed by atoms with E-state index in [1.165, 1.54) is 23.3 Å². The molecule has 3 aromatic rings. The number of nitrogens with zero attached hydrogens (tertiary/aromatic N) is 1. The van der Waals surface area contributed by atoms with Crippen LogP contribution in [-0.4, -0.2) is 47.1 Å². The maximum Gasteiger partial charge on any atom is 0.335 e. The number of hydrogen-bond acceptors (Lipinski definition) is 6. The Kier molecular flexibility index (Phi) is 12.8. The lowest BCUT2D eigenvalue weighted by molar-refractivity contribution is -0.200. The van der Waals surface area contributed by atoms with Crippen LogP contribution in [0, 0.1) is 5.92 Å². The summed E-state index contributed by atoms with van der Waals surface area (Å²) in [5.74, 6) is -1.92. The van der Waals surface area contributed by atoms with Gasteiger partial charge in [0.2, 0.25) is 12.3 Å². The van der Waals surface area contributed by atoms with Crippen LogP contribution in [0.15, 0.2) is 71.1 Å². The molecular weight excluding hydrogens is 538 g/mol. The molecule has 0 aliphatic rings. The highest BCUT2D eigenvalue weighted by atomic mass is 16.7. The van der Waals surface area contributed by atoms with Gasteiger partial charge in [-0.1, -0.05) is 82.0 Å². The number of carbonyl (C=O) groups is 4. The molecule has 1 heterocycles. The molecule has 2 aromatic carbocycles. The summed E-state index contributed by atoms with van der Waals surface area (Å²) < 4.78 is 5.64. The molecule has 10 nitrogen and oxygen atoms in total. The zero-order chi connectivity index (χ0) is 30.3. The van der Waals surface area contributed by atoms with E-state index in [4.69, 9.17) is 14.4 Å². The number of carboxylic acid groups (broad SMARTS) is 1. The highest BCUT2D eigenvalue weighted by Crippen LogP contribution is 2.24. The summed E-state index contributed by atoms with van der Waals surface area (Å²) in [6.07, 6.45) is 5.60. The smallest absolute Gasteiger partial charge is 0.335 e. The van der Waals surface area contributed by atoms with Crippen molar-refractivity contribution in [2.24, 2.45) is 5.92 Å². The molecule has 0 unspecified atom stereocenters. The predicted octanol–water partition coefficient (Wildman–Crippen LogP) is 5.40. The van der Waals surface area contributed by atoms with Gasteiger partial charge >= 0.3 is 5.97 Å². The van der Waals surface area contributed by atoms with E-state index >= 15 is 0 Å². The molecule has 0 saturated heterocycles. The fourth-order valence-corrected chi connectivity index (χ4v) is 4.68. The van der Waals surface area contributed by atoms with Crippen LogP contribution >= 0.6 is 0 Å². The number of amides is 3. The number of furan rings is 1. The summed E-state index contributed by atoms with van der Waals surface area (Å²) >= 11 is 0. The molecule has 0 aliphatic carbocycles. The van der Waals surface area contributed by atoms with E-state index in [1.807, 2.05) is 37.3 Å². The minimum Gasteiger partial charge on any atom is -0.478 e. The topological polar surface area (TPSA) is 138 Å². The van der Waals surface area contributed by atoms with E-state index in [1.54, 1.807) is 18.2 Å². The molecule has 3 amide bonds. The Hall–Kier alpha value is -4.44. The summed E-state index contributed by atoms with van der Waals surface area (Å²) in [5, 5.41) is 15.7. The van der Waals surface area contributed by atoms with Crippen molar-refractivity contribution in [2.45, 2.75) is 65.0 Å². The summed E-state index contributed by atoms with van der Waals surface area (Å²) in [7, 11) is 0. The van der Waals surface area contributed by atoms with E-state index in [9.17, 15) is 19.2 Å². The van der Waals surface area contributed by atoms with Crippen molar-refractivity contribution in [3.05, 3.63) is 83.6 Å². The summed E-state index contributed by atoms with van der Waals surface area (Å²) in [5.41, 5.74) is 1.68. The van der Waals surface area contributed by atoms with Gasteiger partial charge < -0.3 is 20.2 Å². The van der Waals surface area contributed by atoms with Crippen LogP contribution in [0.2, 0.25) is 0 Å². The third-order valence-electron chi connectivity index (χ3n) is 7.00. The van der Waals surface area contributed by atoms with E-state index in [2.05, 4.69) is 17.6 Å². The fourth-order valence-electron chi connectivity index (χ4n) is 4.68. The van der Waals surface area contributed by atoms with Gasteiger partial charge in [0.1, 0.15) is 12.4 Å². The van der Waals surface area contributed by atoms with Crippen LogP contribution in [0.1, 0.15) is 78.8 Å². The zero-order valence-electron chi connectivity index (χ0n) is 24.1. The number of carboxylic acids is 1. The van der Waals surface area contributed by atoms with Gasteiger partial charge in [0.15, 0.2) is 5.76 Å². The van der Waals surface area contributed by atoms with E-state index in [0.717, 1.165) is 31.2 Å². The standard InChI is InChI=1S/C32H39N3O7/c1-3-5-6-10-13-26(27(4-2)35(22-36)41-20-23-11-8-7-9-12-23)30(37)33-21-34-31(38)29-19-18-28(42-29)24-14-16-25(17-15-24)32(39)40/h7-9,11-12,14-19,22,26-27H,3-6,10,13,20-21H2,1-2H3,(H,33,37)(H,34,38)(H,39,40)/t26-,27-/m1/s1. The van der Waals surface area contributed by atoms with Crippen LogP contribution in [0.5, 0.6) is 0 Å². The van der Waals surface area contributed by atoms with Crippen molar-refractivity contribution >= 4 is 24.2 Å². The first kappa shape index (κ1) is 32.1. The van der Waals surface area contributed by atoms with Crippen LogP contribution in [-0.2, 0) is 21.0 Å². The molecule has 0 fully saturated rings. The third-order valence-corrected chi connectivity index (χ3v) is 7.00. The molecule has 3 N–H and O–H groups in total. The highest BCUT2D eigenvalue weighted by Gasteiger charge is 2.32. The van der Waals surface area contributed by atoms with Crippen LogP contribution in [0.3, 0.4) is 0 Å². The average Bonchev–Trinajstić information content (AvgIpc) is 3.51. The van der Waals surface area contributed by atoms with Gasteiger partial charge in [0.25, 0.3) is 5.91 Å². The Morgan fingerprint density at radius 2 is 1.69 bits per heavy atom. The molecule has 0 radical (unpaired) electrons. The largest absolute Gasteiger partial charge is 0.478 e. The SMILES string of the molecule is CCCCCC[C@@H](C(=O)NCNC(=O)c1ccc(-c2ccc(C(=O)O)cc2)o1)[C@@H](CC)N(C=O)OCc1ccccc1. The number of hydroxylamine groups is 2. The minimum atomic E-state index is -1.03. The van der Waals surface area contributed by atoms with Crippen molar-refractivity contribution in [2.75, 3.05) is 6.67 Å². The van der Waals surface area contributed by atoms with Crippen LogP contribution in [0.25, 0.3) is 11.3 Å². The molecular formula is C32H39N3O7. The highest BCUT2D eigenvalue weighted by molar-refractivity contribution is 5.92. The van der Waals surface area contributed by atoms with Crippen LogP contribution in [0.4, 0.5) is 0 Å². The van der Waals surface area contributed by atoms with Gasteiger partial charge in [-0.25, -0.2) is 9.86 Å². The van der Waals surface area contributed by atoms with Gasteiger partial charge in [-0.3, -0.25) is 19.2 Å². The number of benzene rings is 2. The Labute approximate surface area is 246 Å². The van der Waals surface area contributed by atoms with Crippen molar-refractivity contribution < 1.29 is 33.5 Å². The minimum absolute atomic E-state index is 0.0468. The first-order valence-electron chi connectivity index (χ1n) is 14.3. The molecule has 0 saturated carbocycles. The molecule has 0 bridgehead atoms. The molecule has 42 heavy (non-hydrogen) atoms. The molecule has 0 spiro atoms. The van der Waals surface area contributed by atoms with Crippen LogP contribution < -0.4 is 10.6 Å². The van der Waals surface area contributed by atoms with Crippen molar-refractivity contribution in [3.8, 4) is 11.3 Å². The Bertz CT molecular complexity index is 1290. The first-order valence-corrected chi connectivity index (χ1v) is 14.3. The summed E-state index contributed by atoms with van der Waals surface area (Å²) in [4.78, 5) is 54.9. The number of unbranched alkanes of at least 4 members (excludes halogenated alkanes) is 3. The Morgan fingerprint density at radius 1 is 0.952 bits per heavy atom. The normalized spacial score (nSPS) is 12.2. The zero-order valence-corrected chi connectivity index (χ0v) is 24.1. The fraction of sp³-hybridized carbons (Fsp3) is 0.375. The average molecular weight is 578 g/mol. The molecule has 10 heteroatoms. The number of aromatic carboxylic acids is 1. The predicted molar refractivity (Wildman–Crippen MR) is 157 cm³/mol. The van der Waals surface area contributed by atoms with Gasteiger partial charge in [-0.2, -0.15) is 0 Å². The van der Waals surface area contributed by atoms with E-state index in [-0.39, 0.29) is 30.5 Å². The molecule has 224 valence electrons. The lowest BCUT2D eigenvalue weighted by atomic mass is 9.90. The third kappa shape index (κ3) is 9.31. The number of nitrogens with one attached hydrogen (secondary N) is 2. The number of carbonyl (C=O) groups excluding carboxylic acids is 3. The lowest BCUT2D eigenvalue weighted by Crippen LogP contribution is -2.48. The van der Waals surface area contributed by atoms with Crippen molar-refractivity contribution in [1.29, 1.82) is 0 Å². The lowest BCUT2D eigenvalue weighted by Gasteiger charge is -2.32. The Morgan fingerprint density at radius 3 is 2.33 bits per heavy atom. The molecule has 3 rings (SSSR count). The second kappa shape index (κ2) is 16.7. The first-order chi connectivity index (χ1) is 20.4. The van der Waals surface area contributed by atoms with Crippen molar-refractivity contribution in [3.63, 3.8) is 0 Å². The van der Waals surface area contributed by atoms with Gasteiger partial charge in [-0.05, 0) is 42.7 Å². The van der Waals surface area contributed by atoms with Crippen molar-refractivity contribution in [1.82, 2.24) is 15.7 Å². The molecule has 0 aliphatic heterocycles.